The Morgan fingerprint density at radius 1 is 1.24 bits per heavy atom. The summed E-state index contributed by atoms with van der Waals surface area (Å²) in [7, 11) is 1.31. The summed E-state index contributed by atoms with van der Waals surface area (Å²) in [4.78, 5) is 24.6. The molecule has 0 unspecified atom stereocenters. The molecule has 3 rings (SSSR count). The Morgan fingerprint density at radius 2 is 1.94 bits per heavy atom. The first-order chi connectivity index (χ1) is 15.9. The van der Waals surface area contributed by atoms with Gasteiger partial charge in [-0.3, -0.25) is 9.59 Å². The largest absolute Gasteiger partial charge is 0.468 e. The van der Waals surface area contributed by atoms with Gasteiger partial charge in [-0.2, -0.15) is 0 Å². The van der Waals surface area contributed by atoms with Crippen molar-refractivity contribution in [2.24, 2.45) is 28.6 Å². The number of ketones is 1. The van der Waals surface area contributed by atoms with Gasteiger partial charge in [0.15, 0.2) is 5.78 Å². The Morgan fingerprint density at radius 3 is 2.62 bits per heavy atom. The van der Waals surface area contributed by atoms with Gasteiger partial charge < -0.3 is 14.9 Å². The summed E-state index contributed by atoms with van der Waals surface area (Å²) in [6.45, 7) is 11.8. The molecule has 0 aromatic carbocycles. The number of carbonyl (C=O) groups is 2. The van der Waals surface area contributed by atoms with Crippen LogP contribution in [0.5, 0.6) is 0 Å². The van der Waals surface area contributed by atoms with E-state index in [1.54, 1.807) is 19.9 Å². The van der Waals surface area contributed by atoms with E-state index in [-0.39, 0.29) is 17.1 Å². The lowest BCUT2D eigenvalue weighted by molar-refractivity contribution is -0.154. The average molecular weight is 471 g/mol. The predicted octanol–water partition coefficient (Wildman–Crippen LogP) is 5.09. The second-order valence-corrected chi connectivity index (χ2v) is 11.4. The molecule has 3 aliphatic carbocycles. The molecule has 0 heterocycles. The molecule has 3 saturated carbocycles. The molecule has 3 aliphatic rings. The van der Waals surface area contributed by atoms with E-state index >= 15 is 0 Å². The Bertz CT molecular complexity index is 907. The molecule has 0 aromatic heterocycles. The maximum absolute atomic E-state index is 12.7. The standard InChI is InChI=1S/C29H42O5/c1-18(9-14-26(32)28(3,4)27(33)34-6)23-12-13-24-20(8-7-15-29(23,24)5)10-11-21-16-22(30)17-25(31)19(21)2/h9-11,14,18,22-25,30-31H,2,7-8,12-13,15-17H2,1,3-6H3/t18-,22-,23-,24+,25+,29-/m1/s1. The predicted molar refractivity (Wildman–Crippen MR) is 134 cm³/mol. The van der Waals surface area contributed by atoms with Crippen molar-refractivity contribution in [1.29, 1.82) is 0 Å². The molecule has 0 aromatic rings. The summed E-state index contributed by atoms with van der Waals surface area (Å²) in [6.07, 6.45) is 13.2. The van der Waals surface area contributed by atoms with Crippen LogP contribution in [0.15, 0.2) is 47.6 Å². The molecule has 0 spiro atoms. The van der Waals surface area contributed by atoms with Crippen LogP contribution in [-0.2, 0) is 14.3 Å². The molecule has 0 amide bonds. The summed E-state index contributed by atoms with van der Waals surface area (Å²) < 4.78 is 4.79. The highest BCUT2D eigenvalue weighted by Gasteiger charge is 2.50. The summed E-state index contributed by atoms with van der Waals surface area (Å²) in [5.41, 5.74) is 2.11. The number of aliphatic hydroxyl groups excluding tert-OH is 2. The van der Waals surface area contributed by atoms with Gasteiger partial charge >= 0.3 is 5.97 Å². The normalized spacial score (nSPS) is 35.6. The van der Waals surface area contributed by atoms with Crippen molar-refractivity contribution < 1.29 is 24.5 Å². The van der Waals surface area contributed by atoms with Crippen LogP contribution in [0.25, 0.3) is 0 Å². The number of methoxy groups -OCH3 is 1. The summed E-state index contributed by atoms with van der Waals surface area (Å²) in [6, 6.07) is 0. The maximum atomic E-state index is 12.7. The minimum Gasteiger partial charge on any atom is -0.468 e. The second-order valence-electron chi connectivity index (χ2n) is 11.4. The fourth-order valence-electron chi connectivity index (χ4n) is 6.55. The Labute approximate surface area is 204 Å². The summed E-state index contributed by atoms with van der Waals surface area (Å²) in [5, 5.41) is 20.2. The van der Waals surface area contributed by atoms with Gasteiger partial charge in [0.05, 0.1) is 19.3 Å². The van der Waals surface area contributed by atoms with Crippen molar-refractivity contribution in [2.75, 3.05) is 7.11 Å². The number of hydrogen-bond donors (Lipinski definition) is 2. The van der Waals surface area contributed by atoms with Crippen LogP contribution in [-0.4, -0.2) is 41.3 Å². The van der Waals surface area contributed by atoms with Crippen molar-refractivity contribution >= 4 is 11.8 Å². The lowest BCUT2D eigenvalue weighted by atomic mass is 9.61. The van der Waals surface area contributed by atoms with E-state index in [9.17, 15) is 19.8 Å². The Kier molecular flexibility index (Phi) is 8.09. The third kappa shape index (κ3) is 5.16. The fourth-order valence-corrected chi connectivity index (χ4v) is 6.55. The molecule has 0 radical (unpaired) electrons. The van der Waals surface area contributed by atoms with E-state index in [0.717, 1.165) is 36.8 Å². The Hall–Kier alpha value is -1.98. The third-order valence-electron chi connectivity index (χ3n) is 8.80. The molecular weight excluding hydrogens is 428 g/mol. The van der Waals surface area contributed by atoms with Crippen LogP contribution in [0.3, 0.4) is 0 Å². The highest BCUT2D eigenvalue weighted by molar-refractivity contribution is 6.08. The molecule has 5 nitrogen and oxygen atoms in total. The molecule has 188 valence electrons. The number of aliphatic hydroxyl groups is 2. The molecule has 0 aliphatic heterocycles. The molecule has 34 heavy (non-hydrogen) atoms. The van der Waals surface area contributed by atoms with Gasteiger partial charge in [-0.05, 0) is 92.8 Å². The topological polar surface area (TPSA) is 83.8 Å². The summed E-state index contributed by atoms with van der Waals surface area (Å²) in [5.74, 6) is 0.451. The average Bonchev–Trinajstić information content (AvgIpc) is 3.15. The number of rotatable bonds is 6. The van der Waals surface area contributed by atoms with E-state index in [0.29, 0.717) is 24.7 Å². The van der Waals surface area contributed by atoms with Gasteiger partial charge in [0.25, 0.3) is 0 Å². The van der Waals surface area contributed by atoms with Crippen LogP contribution in [0, 0.1) is 28.6 Å². The van der Waals surface area contributed by atoms with E-state index < -0.39 is 23.6 Å². The Balaban J connectivity index is 1.75. The first-order valence-electron chi connectivity index (χ1n) is 12.7. The van der Waals surface area contributed by atoms with E-state index in [1.807, 2.05) is 6.08 Å². The van der Waals surface area contributed by atoms with Gasteiger partial charge in [-0.15, -0.1) is 0 Å². The second kappa shape index (κ2) is 10.3. The smallest absolute Gasteiger partial charge is 0.319 e. The summed E-state index contributed by atoms with van der Waals surface area (Å²) >= 11 is 0. The first kappa shape index (κ1) is 26.6. The minimum absolute atomic E-state index is 0.163. The van der Waals surface area contributed by atoms with Crippen LogP contribution >= 0.6 is 0 Å². The number of allylic oxidation sites excluding steroid dienone is 5. The molecule has 0 saturated heterocycles. The molecule has 6 atom stereocenters. The number of esters is 1. The highest BCUT2D eigenvalue weighted by atomic mass is 16.5. The minimum atomic E-state index is -1.17. The van der Waals surface area contributed by atoms with Gasteiger partial charge in [0.1, 0.15) is 5.41 Å². The van der Waals surface area contributed by atoms with Gasteiger partial charge in [-0.25, -0.2) is 0 Å². The quantitative estimate of drug-likeness (QED) is 0.321. The number of carbonyl (C=O) groups excluding carboxylic acids is 2. The zero-order valence-corrected chi connectivity index (χ0v) is 21.5. The van der Waals surface area contributed by atoms with Crippen LogP contribution < -0.4 is 0 Å². The van der Waals surface area contributed by atoms with Crippen molar-refractivity contribution in [3.63, 3.8) is 0 Å². The van der Waals surface area contributed by atoms with E-state index in [1.165, 1.54) is 19.1 Å². The number of hydrogen-bond acceptors (Lipinski definition) is 5. The van der Waals surface area contributed by atoms with Crippen molar-refractivity contribution in [3.8, 4) is 0 Å². The van der Waals surface area contributed by atoms with Crippen molar-refractivity contribution in [1.82, 2.24) is 0 Å². The molecule has 0 bridgehead atoms. The molecule has 2 N–H and O–H groups in total. The molecule has 5 heteroatoms. The van der Waals surface area contributed by atoms with Gasteiger partial charge in [0, 0.05) is 6.42 Å². The first-order valence-corrected chi connectivity index (χ1v) is 12.7. The van der Waals surface area contributed by atoms with Crippen LogP contribution in [0.1, 0.15) is 72.6 Å². The third-order valence-corrected chi connectivity index (χ3v) is 8.80. The van der Waals surface area contributed by atoms with E-state index in [4.69, 9.17) is 4.74 Å². The van der Waals surface area contributed by atoms with E-state index in [2.05, 4.69) is 32.6 Å². The zero-order chi connectivity index (χ0) is 25.3. The van der Waals surface area contributed by atoms with Gasteiger partial charge in [0.2, 0.25) is 0 Å². The fraction of sp³-hybridized carbons (Fsp3) is 0.655. The van der Waals surface area contributed by atoms with Crippen LogP contribution in [0.4, 0.5) is 0 Å². The SMILES string of the molecule is C=C1C(=CC=C2CCC[C@]3(C)[C@@H]([C@H](C)C=CC(=O)C(C)(C)C(=O)OC)CC[C@@H]23)C[C@@H](O)C[C@@H]1O. The highest BCUT2D eigenvalue weighted by Crippen LogP contribution is 2.59. The monoisotopic (exact) mass is 470 g/mol. The lowest BCUT2D eigenvalue weighted by Gasteiger charge is -2.44. The van der Waals surface area contributed by atoms with Gasteiger partial charge in [-0.1, -0.05) is 44.2 Å². The van der Waals surface area contributed by atoms with Crippen LogP contribution in [0.2, 0.25) is 0 Å². The zero-order valence-electron chi connectivity index (χ0n) is 21.5. The molecule has 3 fully saturated rings. The lowest BCUT2D eigenvalue weighted by Crippen LogP contribution is -2.36. The van der Waals surface area contributed by atoms with Crippen molar-refractivity contribution in [2.45, 2.75) is 84.8 Å². The van der Waals surface area contributed by atoms with Crippen molar-refractivity contribution in [3.05, 3.63) is 47.6 Å². The molecular formula is C29H42O5. The number of fused-ring (bicyclic) bond motifs is 1. The maximum Gasteiger partial charge on any atom is 0.319 e. The number of ether oxygens (including phenoxy) is 1.